The summed E-state index contributed by atoms with van der Waals surface area (Å²) >= 11 is 0. The molecule has 5 nitrogen and oxygen atoms in total. The Bertz CT molecular complexity index is 943. The second-order valence-corrected chi connectivity index (χ2v) is 8.89. The zero-order valence-electron chi connectivity index (χ0n) is 17.3. The Kier molecular flexibility index (Phi) is 5.19. The fourth-order valence-electron chi connectivity index (χ4n) is 5.12. The largest absolute Gasteiger partial charge is 0.371 e. The van der Waals surface area contributed by atoms with Crippen LogP contribution in [0.5, 0.6) is 0 Å². The van der Waals surface area contributed by atoms with Gasteiger partial charge in [0.1, 0.15) is 0 Å². The molecule has 0 spiro atoms. The molecule has 2 amide bonds. The molecule has 0 saturated carbocycles. The number of rotatable bonds is 5. The second kappa shape index (κ2) is 8.13. The number of fused-ring (bicyclic) bond motifs is 1. The van der Waals surface area contributed by atoms with Crippen LogP contribution in [0.4, 0.5) is 11.4 Å². The first-order chi connectivity index (χ1) is 14.7. The van der Waals surface area contributed by atoms with Crippen LogP contribution in [0.25, 0.3) is 0 Å². The van der Waals surface area contributed by atoms with Gasteiger partial charge in [0.2, 0.25) is 11.8 Å². The summed E-state index contributed by atoms with van der Waals surface area (Å²) in [6.07, 6.45) is 4.82. The van der Waals surface area contributed by atoms with Gasteiger partial charge in [-0.05, 0) is 67.0 Å². The van der Waals surface area contributed by atoms with Crippen molar-refractivity contribution in [1.82, 2.24) is 5.32 Å². The molecule has 0 aromatic heterocycles. The third-order valence-corrected chi connectivity index (χ3v) is 6.86. The number of anilines is 2. The second-order valence-electron chi connectivity index (χ2n) is 8.89. The van der Waals surface area contributed by atoms with Gasteiger partial charge in [0.15, 0.2) is 0 Å². The van der Waals surface area contributed by atoms with E-state index in [0.29, 0.717) is 25.4 Å². The summed E-state index contributed by atoms with van der Waals surface area (Å²) in [7, 11) is 0. The third kappa shape index (κ3) is 3.81. The van der Waals surface area contributed by atoms with Gasteiger partial charge in [-0.2, -0.15) is 0 Å². The van der Waals surface area contributed by atoms with Crippen LogP contribution in [0.3, 0.4) is 0 Å². The number of hydrogen-bond donors (Lipinski definition) is 1. The first-order valence-electron chi connectivity index (χ1n) is 11.2. The molecule has 5 rings (SSSR count). The van der Waals surface area contributed by atoms with Crippen LogP contribution < -0.4 is 15.1 Å². The highest BCUT2D eigenvalue weighted by molar-refractivity contribution is 6.00. The predicted molar refractivity (Wildman–Crippen MR) is 119 cm³/mol. The molecule has 156 valence electrons. The summed E-state index contributed by atoms with van der Waals surface area (Å²) in [5, 5.41) is 3.13. The molecule has 0 radical (unpaired) electrons. The van der Waals surface area contributed by atoms with Crippen molar-refractivity contribution in [2.75, 3.05) is 36.0 Å². The molecule has 1 N–H and O–H groups in total. The van der Waals surface area contributed by atoms with Crippen molar-refractivity contribution in [3.8, 4) is 0 Å². The van der Waals surface area contributed by atoms with E-state index in [1.165, 1.54) is 23.2 Å². The SMILES string of the molecule is O=C(NC[C@@H]1CCN(c2ccccc2)C1)[C@H]1CC(=O)N(c2ccc3c(c2)CCC3)C1. The summed E-state index contributed by atoms with van der Waals surface area (Å²) in [5.74, 6) is 0.283. The van der Waals surface area contributed by atoms with Gasteiger partial charge in [-0.1, -0.05) is 24.3 Å². The smallest absolute Gasteiger partial charge is 0.227 e. The van der Waals surface area contributed by atoms with Gasteiger partial charge in [0, 0.05) is 44.0 Å². The van der Waals surface area contributed by atoms with Crippen LogP contribution in [0.1, 0.15) is 30.4 Å². The molecule has 2 fully saturated rings. The van der Waals surface area contributed by atoms with Crippen molar-refractivity contribution in [2.45, 2.75) is 32.1 Å². The molecule has 0 bridgehead atoms. The van der Waals surface area contributed by atoms with Crippen LogP contribution >= 0.6 is 0 Å². The number of nitrogens with zero attached hydrogens (tertiary/aromatic N) is 2. The molecule has 5 heteroatoms. The summed E-state index contributed by atoms with van der Waals surface area (Å²) in [4.78, 5) is 29.5. The Hall–Kier alpha value is -2.82. The third-order valence-electron chi connectivity index (χ3n) is 6.86. The molecular formula is C25H29N3O2. The number of amides is 2. The van der Waals surface area contributed by atoms with Crippen LogP contribution in [0, 0.1) is 11.8 Å². The Labute approximate surface area is 178 Å². The average Bonchev–Trinajstić information content (AvgIpc) is 3.51. The van der Waals surface area contributed by atoms with Crippen molar-refractivity contribution in [2.24, 2.45) is 11.8 Å². The van der Waals surface area contributed by atoms with Gasteiger partial charge in [-0.3, -0.25) is 9.59 Å². The van der Waals surface area contributed by atoms with Crippen molar-refractivity contribution in [3.63, 3.8) is 0 Å². The van der Waals surface area contributed by atoms with E-state index < -0.39 is 0 Å². The Morgan fingerprint density at radius 1 is 1.00 bits per heavy atom. The Balaban J connectivity index is 1.14. The molecule has 2 atom stereocenters. The van der Waals surface area contributed by atoms with E-state index in [0.717, 1.165) is 38.0 Å². The van der Waals surface area contributed by atoms with Crippen molar-refractivity contribution < 1.29 is 9.59 Å². The zero-order valence-corrected chi connectivity index (χ0v) is 17.3. The molecule has 2 aliphatic heterocycles. The van der Waals surface area contributed by atoms with Gasteiger partial charge in [-0.15, -0.1) is 0 Å². The maximum Gasteiger partial charge on any atom is 0.227 e. The molecule has 30 heavy (non-hydrogen) atoms. The number of para-hydroxylation sites is 1. The predicted octanol–water partition coefficient (Wildman–Crippen LogP) is 3.17. The minimum atomic E-state index is -0.252. The molecule has 2 aromatic rings. The average molecular weight is 404 g/mol. The molecule has 2 aromatic carbocycles. The minimum Gasteiger partial charge on any atom is -0.371 e. The number of hydrogen-bond acceptors (Lipinski definition) is 3. The Morgan fingerprint density at radius 3 is 2.70 bits per heavy atom. The van der Waals surface area contributed by atoms with E-state index in [1.807, 2.05) is 12.1 Å². The summed E-state index contributed by atoms with van der Waals surface area (Å²) in [5.41, 5.74) is 4.96. The fraction of sp³-hybridized carbons (Fsp3) is 0.440. The molecule has 0 unspecified atom stereocenters. The molecular weight excluding hydrogens is 374 g/mol. The fourth-order valence-corrected chi connectivity index (χ4v) is 5.12. The van der Waals surface area contributed by atoms with Crippen LogP contribution in [0.2, 0.25) is 0 Å². The number of carbonyl (C=O) groups is 2. The highest BCUT2D eigenvalue weighted by Gasteiger charge is 2.36. The summed E-state index contributed by atoms with van der Waals surface area (Å²) in [6, 6.07) is 16.8. The normalized spacial score (nSPS) is 23.1. The first kappa shape index (κ1) is 19.2. The highest BCUT2D eigenvalue weighted by Crippen LogP contribution is 2.31. The molecule has 2 saturated heterocycles. The molecule has 2 heterocycles. The van der Waals surface area contributed by atoms with Crippen molar-refractivity contribution in [1.29, 1.82) is 0 Å². The molecule has 3 aliphatic rings. The maximum absolute atomic E-state index is 12.8. The highest BCUT2D eigenvalue weighted by atomic mass is 16.2. The number of carbonyl (C=O) groups excluding carboxylic acids is 2. The summed E-state index contributed by atoms with van der Waals surface area (Å²) < 4.78 is 0. The standard InChI is InChI=1S/C25H29N3O2/c29-24-14-21(17-28(24)23-10-9-19-5-4-6-20(19)13-23)25(30)26-15-18-11-12-27(16-18)22-7-2-1-3-8-22/h1-3,7-10,13,18,21H,4-6,11-12,14-17H2,(H,26,30)/t18-,21-/m0/s1. The van der Waals surface area contributed by atoms with Gasteiger partial charge in [0.05, 0.1) is 5.92 Å². The van der Waals surface area contributed by atoms with E-state index in [1.54, 1.807) is 4.90 Å². The van der Waals surface area contributed by atoms with E-state index in [4.69, 9.17) is 0 Å². The van der Waals surface area contributed by atoms with E-state index in [-0.39, 0.29) is 17.7 Å². The topological polar surface area (TPSA) is 52.7 Å². The molecule has 1 aliphatic carbocycles. The van der Waals surface area contributed by atoms with Crippen LogP contribution in [0.15, 0.2) is 48.5 Å². The van der Waals surface area contributed by atoms with Crippen molar-refractivity contribution >= 4 is 23.2 Å². The Morgan fingerprint density at radius 2 is 1.83 bits per heavy atom. The van der Waals surface area contributed by atoms with Gasteiger partial charge >= 0.3 is 0 Å². The van der Waals surface area contributed by atoms with E-state index in [2.05, 4.69) is 46.6 Å². The monoisotopic (exact) mass is 403 g/mol. The zero-order chi connectivity index (χ0) is 20.5. The number of benzene rings is 2. The van der Waals surface area contributed by atoms with Gasteiger partial charge < -0.3 is 15.1 Å². The maximum atomic E-state index is 12.8. The van der Waals surface area contributed by atoms with Gasteiger partial charge in [0.25, 0.3) is 0 Å². The van der Waals surface area contributed by atoms with Crippen LogP contribution in [-0.4, -0.2) is 38.0 Å². The van der Waals surface area contributed by atoms with E-state index in [9.17, 15) is 9.59 Å². The summed E-state index contributed by atoms with van der Waals surface area (Å²) in [6.45, 7) is 3.17. The lowest BCUT2D eigenvalue weighted by Crippen LogP contribution is -2.36. The van der Waals surface area contributed by atoms with Crippen LogP contribution in [-0.2, 0) is 22.4 Å². The minimum absolute atomic E-state index is 0.0187. The number of nitrogens with one attached hydrogen (secondary N) is 1. The van der Waals surface area contributed by atoms with Gasteiger partial charge in [-0.25, -0.2) is 0 Å². The lowest BCUT2D eigenvalue weighted by molar-refractivity contribution is -0.126. The van der Waals surface area contributed by atoms with E-state index >= 15 is 0 Å². The lowest BCUT2D eigenvalue weighted by atomic mass is 10.1. The van der Waals surface area contributed by atoms with Crippen molar-refractivity contribution in [3.05, 3.63) is 59.7 Å². The first-order valence-corrected chi connectivity index (χ1v) is 11.2. The lowest BCUT2D eigenvalue weighted by Gasteiger charge is -2.19. The number of aryl methyl sites for hydroxylation is 2. The quantitative estimate of drug-likeness (QED) is 0.834.